The number of rotatable bonds is 3. The Hall–Kier alpha value is -2.67. The van der Waals surface area contributed by atoms with Gasteiger partial charge in [0.25, 0.3) is 5.91 Å². The van der Waals surface area contributed by atoms with Gasteiger partial charge in [-0.25, -0.2) is 4.79 Å². The smallest absolute Gasteiger partial charge is 0.340 e. The number of aryl methyl sites for hydroxylation is 1. The summed E-state index contributed by atoms with van der Waals surface area (Å²) in [6.07, 6.45) is 0. The maximum Gasteiger partial charge on any atom is 0.340 e. The molecule has 0 radical (unpaired) electrons. The second-order valence-corrected chi connectivity index (χ2v) is 5.28. The van der Waals surface area contributed by atoms with E-state index in [4.69, 9.17) is 5.11 Å². The highest BCUT2D eigenvalue weighted by atomic mass is 32.1. The van der Waals surface area contributed by atoms with Gasteiger partial charge in [-0.3, -0.25) is 4.79 Å². The third-order valence-electron chi connectivity index (χ3n) is 3.08. The van der Waals surface area contributed by atoms with E-state index in [0.29, 0.717) is 11.4 Å². The summed E-state index contributed by atoms with van der Waals surface area (Å²) in [5.41, 5.74) is 1.64. The SMILES string of the molecule is Cc1nsc(NC(=O)c2cc3ccccc3[nH]2)c1C(=O)O. The Labute approximate surface area is 123 Å². The molecular formula is C14H11N3O3S. The summed E-state index contributed by atoms with van der Waals surface area (Å²) in [7, 11) is 0. The molecule has 0 bridgehead atoms. The van der Waals surface area contributed by atoms with Crippen LogP contribution in [0.2, 0.25) is 0 Å². The van der Waals surface area contributed by atoms with Crippen LogP contribution in [0, 0.1) is 6.92 Å². The van der Waals surface area contributed by atoms with Crippen molar-refractivity contribution in [2.24, 2.45) is 0 Å². The molecule has 0 saturated heterocycles. The van der Waals surface area contributed by atoms with E-state index >= 15 is 0 Å². The first-order valence-electron chi connectivity index (χ1n) is 6.15. The van der Waals surface area contributed by atoms with Crippen LogP contribution in [-0.4, -0.2) is 26.3 Å². The molecule has 0 aliphatic carbocycles. The molecule has 0 fully saturated rings. The number of carboxylic acids is 1. The van der Waals surface area contributed by atoms with Gasteiger partial charge < -0.3 is 15.4 Å². The van der Waals surface area contributed by atoms with Crippen LogP contribution in [0.5, 0.6) is 0 Å². The molecule has 3 aromatic rings. The standard InChI is InChI=1S/C14H11N3O3S/c1-7-11(14(19)20)13(21-17-7)16-12(18)10-6-8-4-2-3-5-9(8)15-10/h2-6,15H,1H3,(H,16,18)(H,19,20). The summed E-state index contributed by atoms with van der Waals surface area (Å²) in [4.78, 5) is 26.4. The second-order valence-electron chi connectivity index (χ2n) is 4.50. The molecule has 0 aliphatic heterocycles. The first-order chi connectivity index (χ1) is 10.1. The van der Waals surface area contributed by atoms with Crippen LogP contribution in [0.3, 0.4) is 0 Å². The van der Waals surface area contributed by atoms with E-state index in [9.17, 15) is 9.59 Å². The van der Waals surface area contributed by atoms with Crippen molar-refractivity contribution < 1.29 is 14.7 Å². The number of anilines is 1. The van der Waals surface area contributed by atoms with Crippen molar-refractivity contribution in [3.8, 4) is 0 Å². The summed E-state index contributed by atoms with van der Waals surface area (Å²) in [6, 6.07) is 9.23. The highest BCUT2D eigenvalue weighted by Crippen LogP contribution is 2.25. The maximum atomic E-state index is 12.2. The van der Waals surface area contributed by atoms with Gasteiger partial charge in [-0.2, -0.15) is 4.37 Å². The molecule has 1 amide bonds. The fraction of sp³-hybridized carbons (Fsp3) is 0.0714. The third-order valence-corrected chi connectivity index (χ3v) is 3.93. The number of carbonyl (C=O) groups is 2. The maximum absolute atomic E-state index is 12.2. The van der Waals surface area contributed by atoms with Crippen LogP contribution in [0.15, 0.2) is 30.3 Å². The molecule has 7 heteroatoms. The molecule has 21 heavy (non-hydrogen) atoms. The first-order valence-corrected chi connectivity index (χ1v) is 6.92. The van der Waals surface area contributed by atoms with Gasteiger partial charge in [-0.1, -0.05) is 18.2 Å². The number of carboxylic acid groups (broad SMARTS) is 1. The molecule has 6 nitrogen and oxygen atoms in total. The molecular weight excluding hydrogens is 290 g/mol. The van der Waals surface area contributed by atoms with Gasteiger partial charge in [0.1, 0.15) is 16.3 Å². The zero-order valence-corrected chi connectivity index (χ0v) is 11.8. The van der Waals surface area contributed by atoms with Crippen LogP contribution >= 0.6 is 11.5 Å². The molecule has 3 N–H and O–H groups in total. The lowest BCUT2D eigenvalue weighted by molar-refractivity contribution is 0.0697. The fourth-order valence-corrected chi connectivity index (χ4v) is 2.86. The predicted molar refractivity (Wildman–Crippen MR) is 80.1 cm³/mol. The Bertz CT molecular complexity index is 817. The van der Waals surface area contributed by atoms with Crippen LogP contribution in [0.25, 0.3) is 10.9 Å². The van der Waals surface area contributed by atoms with E-state index in [-0.39, 0.29) is 10.6 Å². The number of hydrogen-bond acceptors (Lipinski definition) is 4. The number of hydrogen-bond donors (Lipinski definition) is 3. The number of nitrogens with one attached hydrogen (secondary N) is 2. The lowest BCUT2D eigenvalue weighted by atomic mass is 10.2. The molecule has 0 saturated carbocycles. The summed E-state index contributed by atoms with van der Waals surface area (Å²) < 4.78 is 3.96. The van der Waals surface area contributed by atoms with Crippen LogP contribution in [0.4, 0.5) is 5.00 Å². The van der Waals surface area contributed by atoms with Crippen molar-refractivity contribution in [3.63, 3.8) is 0 Å². The normalized spacial score (nSPS) is 10.7. The number of nitrogens with zero attached hydrogens (tertiary/aromatic N) is 1. The molecule has 2 heterocycles. The molecule has 3 rings (SSSR count). The number of amides is 1. The summed E-state index contributed by atoms with van der Waals surface area (Å²) >= 11 is 0.958. The van der Waals surface area contributed by atoms with E-state index in [2.05, 4.69) is 14.7 Å². The highest BCUT2D eigenvalue weighted by molar-refractivity contribution is 7.11. The van der Waals surface area contributed by atoms with Gasteiger partial charge >= 0.3 is 5.97 Å². The number of para-hydroxylation sites is 1. The number of benzene rings is 1. The first kappa shape index (κ1) is 13.3. The monoisotopic (exact) mass is 301 g/mol. The Morgan fingerprint density at radius 2 is 2.10 bits per heavy atom. The Balaban J connectivity index is 1.91. The minimum absolute atomic E-state index is 0.0319. The van der Waals surface area contributed by atoms with Crippen molar-refractivity contribution in [2.45, 2.75) is 6.92 Å². The van der Waals surface area contributed by atoms with E-state index < -0.39 is 11.9 Å². The highest BCUT2D eigenvalue weighted by Gasteiger charge is 2.20. The van der Waals surface area contributed by atoms with E-state index in [1.165, 1.54) is 0 Å². The molecule has 0 atom stereocenters. The quantitative estimate of drug-likeness (QED) is 0.693. The van der Waals surface area contributed by atoms with E-state index in [1.54, 1.807) is 13.0 Å². The largest absolute Gasteiger partial charge is 0.478 e. The molecule has 1 aromatic carbocycles. The van der Waals surface area contributed by atoms with E-state index in [0.717, 1.165) is 22.4 Å². The van der Waals surface area contributed by atoms with Crippen molar-refractivity contribution in [1.82, 2.24) is 9.36 Å². The van der Waals surface area contributed by atoms with Crippen molar-refractivity contribution in [2.75, 3.05) is 5.32 Å². The van der Waals surface area contributed by atoms with Crippen molar-refractivity contribution in [1.29, 1.82) is 0 Å². The van der Waals surface area contributed by atoms with Gasteiger partial charge in [-0.15, -0.1) is 0 Å². The molecule has 2 aromatic heterocycles. The average Bonchev–Trinajstić information content (AvgIpc) is 3.02. The van der Waals surface area contributed by atoms with Gasteiger partial charge in [-0.05, 0) is 30.6 Å². The fourth-order valence-electron chi connectivity index (χ4n) is 2.07. The zero-order chi connectivity index (χ0) is 15.0. The minimum atomic E-state index is -1.10. The summed E-state index contributed by atoms with van der Waals surface area (Å²) in [5, 5.41) is 12.9. The number of H-pyrrole nitrogens is 1. The Morgan fingerprint density at radius 3 is 2.81 bits per heavy atom. The Kier molecular flexibility index (Phi) is 3.19. The number of aromatic nitrogens is 2. The number of aromatic amines is 1. The van der Waals surface area contributed by atoms with Gasteiger partial charge in [0.2, 0.25) is 0 Å². The predicted octanol–water partition coefficient (Wildman–Crippen LogP) is 2.88. The van der Waals surface area contributed by atoms with Gasteiger partial charge in [0, 0.05) is 10.9 Å². The average molecular weight is 301 g/mol. The van der Waals surface area contributed by atoms with Crippen molar-refractivity contribution in [3.05, 3.63) is 47.3 Å². The molecule has 0 aliphatic rings. The third kappa shape index (κ3) is 2.38. The topological polar surface area (TPSA) is 95.1 Å². The number of fused-ring (bicyclic) bond motifs is 1. The lowest BCUT2D eigenvalue weighted by Crippen LogP contribution is -2.13. The zero-order valence-electron chi connectivity index (χ0n) is 11.0. The van der Waals surface area contributed by atoms with Gasteiger partial charge in [0.05, 0.1) is 5.69 Å². The van der Waals surface area contributed by atoms with E-state index in [1.807, 2.05) is 24.3 Å². The van der Waals surface area contributed by atoms with Crippen molar-refractivity contribution >= 4 is 39.3 Å². The summed E-state index contributed by atoms with van der Waals surface area (Å²) in [6.45, 7) is 1.60. The minimum Gasteiger partial charge on any atom is -0.478 e. The second kappa shape index (κ2) is 5.02. The molecule has 0 spiro atoms. The Morgan fingerprint density at radius 1 is 1.33 bits per heavy atom. The number of aromatic carboxylic acids is 1. The van der Waals surface area contributed by atoms with Crippen LogP contribution < -0.4 is 5.32 Å². The number of carbonyl (C=O) groups excluding carboxylic acids is 1. The van der Waals surface area contributed by atoms with Gasteiger partial charge in [0.15, 0.2) is 0 Å². The molecule has 0 unspecified atom stereocenters. The summed E-state index contributed by atoms with van der Waals surface area (Å²) in [5.74, 6) is -1.49. The lowest BCUT2D eigenvalue weighted by Gasteiger charge is -2.01. The van der Waals surface area contributed by atoms with Crippen LogP contribution in [-0.2, 0) is 0 Å². The van der Waals surface area contributed by atoms with Crippen LogP contribution in [0.1, 0.15) is 26.5 Å². The molecule has 106 valence electrons.